The number of hydrogen-bond acceptors (Lipinski definition) is 2. The molecule has 56 valence electrons. The van der Waals surface area contributed by atoms with Crippen LogP contribution in [0.25, 0.3) is 16.6 Å². The fraction of sp³-hybridized carbons (Fsp3) is 0.167. The molecule has 0 bridgehead atoms. The molecule has 1 rings (SSSR count). The first kappa shape index (κ1) is 7.37. The van der Waals surface area contributed by atoms with Gasteiger partial charge in [0.05, 0.1) is 12.7 Å². The molecule has 0 radical (unpaired) electrons. The zero-order chi connectivity index (χ0) is 8.10. The van der Waals surface area contributed by atoms with Crippen LogP contribution in [0.5, 0.6) is 0 Å². The summed E-state index contributed by atoms with van der Waals surface area (Å²) in [6, 6.07) is 0. The number of azide groups is 1. The molecule has 0 aliphatic carbocycles. The van der Waals surface area contributed by atoms with E-state index in [-0.39, 0.29) is 0 Å². The quantitative estimate of drug-likeness (QED) is 0.367. The minimum atomic E-state index is 0.338. The standard InChI is InChI=1S/C6H7N5/c1-2-11-5-6(4-9-11)3-8-10-7/h2,4-5H,1,3H2. The molecule has 0 saturated carbocycles. The van der Waals surface area contributed by atoms with Crippen LogP contribution in [0, 0.1) is 0 Å². The Morgan fingerprint density at radius 3 is 3.27 bits per heavy atom. The van der Waals surface area contributed by atoms with Gasteiger partial charge in [0.25, 0.3) is 0 Å². The highest BCUT2D eigenvalue weighted by Crippen LogP contribution is 1.99. The summed E-state index contributed by atoms with van der Waals surface area (Å²) in [6.07, 6.45) is 4.96. The Bertz CT molecular complexity index is 294. The molecule has 0 aliphatic heterocycles. The van der Waals surface area contributed by atoms with Gasteiger partial charge in [-0.3, -0.25) is 0 Å². The first-order valence-corrected chi connectivity index (χ1v) is 3.03. The zero-order valence-electron chi connectivity index (χ0n) is 5.88. The Labute approximate surface area is 63.6 Å². The van der Waals surface area contributed by atoms with Gasteiger partial charge in [-0.25, -0.2) is 4.68 Å². The van der Waals surface area contributed by atoms with Crippen LogP contribution < -0.4 is 0 Å². The second-order valence-corrected chi connectivity index (χ2v) is 1.90. The van der Waals surface area contributed by atoms with Gasteiger partial charge in [-0.15, -0.1) is 0 Å². The Morgan fingerprint density at radius 2 is 2.73 bits per heavy atom. The van der Waals surface area contributed by atoms with E-state index in [0.29, 0.717) is 6.54 Å². The summed E-state index contributed by atoms with van der Waals surface area (Å²) in [4.78, 5) is 2.63. The normalized spacial score (nSPS) is 8.73. The second-order valence-electron chi connectivity index (χ2n) is 1.90. The van der Waals surface area contributed by atoms with Crippen molar-refractivity contribution < 1.29 is 0 Å². The van der Waals surface area contributed by atoms with Gasteiger partial charge >= 0.3 is 0 Å². The Balaban J connectivity index is 2.72. The van der Waals surface area contributed by atoms with Gasteiger partial charge in [-0.1, -0.05) is 11.7 Å². The number of nitrogens with zero attached hydrogens (tertiary/aromatic N) is 5. The lowest BCUT2D eigenvalue weighted by atomic mass is 10.4. The predicted octanol–water partition coefficient (Wildman–Crippen LogP) is 1.79. The Kier molecular flexibility index (Phi) is 2.30. The number of hydrogen-bond donors (Lipinski definition) is 0. The van der Waals surface area contributed by atoms with Gasteiger partial charge in [0, 0.05) is 17.3 Å². The molecule has 0 fully saturated rings. The summed E-state index contributed by atoms with van der Waals surface area (Å²) in [5.41, 5.74) is 8.88. The summed E-state index contributed by atoms with van der Waals surface area (Å²) in [7, 11) is 0. The molecular formula is C6H7N5. The summed E-state index contributed by atoms with van der Waals surface area (Å²) in [6.45, 7) is 3.86. The smallest absolute Gasteiger partial charge is 0.0542 e. The van der Waals surface area contributed by atoms with Crippen LogP contribution in [0.4, 0.5) is 0 Å². The van der Waals surface area contributed by atoms with Crippen molar-refractivity contribution in [2.45, 2.75) is 6.54 Å². The van der Waals surface area contributed by atoms with Crippen molar-refractivity contribution in [2.24, 2.45) is 5.11 Å². The fourth-order valence-electron chi connectivity index (χ4n) is 0.672. The van der Waals surface area contributed by atoms with Crippen molar-refractivity contribution in [1.29, 1.82) is 0 Å². The monoisotopic (exact) mass is 149 g/mol. The SMILES string of the molecule is C=Cn1cc(CN=[N+]=[N-])cn1. The van der Waals surface area contributed by atoms with E-state index in [1.165, 1.54) is 0 Å². The second kappa shape index (κ2) is 3.43. The van der Waals surface area contributed by atoms with Crippen LogP contribution >= 0.6 is 0 Å². The third-order valence-corrected chi connectivity index (χ3v) is 1.16. The van der Waals surface area contributed by atoms with Crippen molar-refractivity contribution in [3.63, 3.8) is 0 Å². The fourth-order valence-corrected chi connectivity index (χ4v) is 0.672. The molecule has 0 amide bonds. The molecule has 0 spiro atoms. The minimum Gasteiger partial charge on any atom is -0.249 e. The number of aromatic nitrogens is 2. The summed E-state index contributed by atoms with van der Waals surface area (Å²) in [5, 5.41) is 7.29. The molecule has 0 unspecified atom stereocenters. The average molecular weight is 149 g/mol. The van der Waals surface area contributed by atoms with Gasteiger partial charge in [0.1, 0.15) is 0 Å². The third-order valence-electron chi connectivity index (χ3n) is 1.16. The van der Waals surface area contributed by atoms with Gasteiger partial charge in [0.2, 0.25) is 0 Å². The molecule has 1 aromatic heterocycles. The van der Waals surface area contributed by atoms with Crippen molar-refractivity contribution in [2.75, 3.05) is 0 Å². The molecule has 0 atom stereocenters. The highest BCUT2D eigenvalue weighted by Gasteiger charge is 1.92. The molecule has 5 nitrogen and oxygen atoms in total. The topological polar surface area (TPSA) is 66.6 Å². The van der Waals surface area contributed by atoms with Crippen LogP contribution in [-0.2, 0) is 6.54 Å². The Morgan fingerprint density at radius 1 is 1.91 bits per heavy atom. The van der Waals surface area contributed by atoms with E-state index in [0.717, 1.165) is 5.56 Å². The van der Waals surface area contributed by atoms with Crippen LogP contribution in [0.2, 0.25) is 0 Å². The molecule has 5 heteroatoms. The summed E-state index contributed by atoms with van der Waals surface area (Å²) in [5.74, 6) is 0. The lowest BCUT2D eigenvalue weighted by molar-refractivity contribution is 0.936. The summed E-state index contributed by atoms with van der Waals surface area (Å²) < 4.78 is 1.56. The van der Waals surface area contributed by atoms with E-state index in [1.54, 1.807) is 23.3 Å². The highest BCUT2D eigenvalue weighted by atomic mass is 15.2. The molecule has 1 heterocycles. The van der Waals surface area contributed by atoms with Crippen LogP contribution in [-0.4, -0.2) is 9.78 Å². The van der Waals surface area contributed by atoms with Gasteiger partial charge in [-0.2, -0.15) is 5.10 Å². The van der Waals surface area contributed by atoms with Crippen LogP contribution in [0.3, 0.4) is 0 Å². The van der Waals surface area contributed by atoms with E-state index in [9.17, 15) is 0 Å². The number of rotatable bonds is 3. The van der Waals surface area contributed by atoms with Crippen molar-refractivity contribution in [3.05, 3.63) is 35.0 Å². The van der Waals surface area contributed by atoms with E-state index >= 15 is 0 Å². The highest BCUT2D eigenvalue weighted by molar-refractivity contribution is 5.17. The molecule has 0 aliphatic rings. The molecule has 0 N–H and O–H groups in total. The lowest BCUT2D eigenvalue weighted by Crippen LogP contribution is -1.81. The van der Waals surface area contributed by atoms with Crippen LogP contribution in [0.1, 0.15) is 5.56 Å². The van der Waals surface area contributed by atoms with Gasteiger partial charge in [-0.05, 0) is 11.1 Å². The van der Waals surface area contributed by atoms with E-state index in [4.69, 9.17) is 5.53 Å². The third kappa shape index (κ3) is 1.84. The van der Waals surface area contributed by atoms with Crippen molar-refractivity contribution in [1.82, 2.24) is 9.78 Å². The molecule has 0 aromatic carbocycles. The summed E-state index contributed by atoms with van der Waals surface area (Å²) >= 11 is 0. The molecular weight excluding hydrogens is 142 g/mol. The maximum absolute atomic E-state index is 8.00. The van der Waals surface area contributed by atoms with E-state index in [2.05, 4.69) is 21.7 Å². The first-order chi connectivity index (χ1) is 5.36. The van der Waals surface area contributed by atoms with E-state index < -0.39 is 0 Å². The predicted molar refractivity (Wildman–Crippen MR) is 41.5 cm³/mol. The van der Waals surface area contributed by atoms with Crippen molar-refractivity contribution in [3.8, 4) is 0 Å². The molecule has 1 aromatic rings. The van der Waals surface area contributed by atoms with Gasteiger partial charge in [0.15, 0.2) is 0 Å². The first-order valence-electron chi connectivity index (χ1n) is 3.03. The largest absolute Gasteiger partial charge is 0.249 e. The minimum absolute atomic E-state index is 0.338. The molecule has 0 saturated heterocycles. The average Bonchev–Trinajstić information content (AvgIpc) is 2.48. The van der Waals surface area contributed by atoms with E-state index in [1.807, 2.05) is 0 Å². The zero-order valence-corrected chi connectivity index (χ0v) is 5.88. The van der Waals surface area contributed by atoms with Gasteiger partial charge < -0.3 is 0 Å². The maximum Gasteiger partial charge on any atom is 0.0542 e. The van der Waals surface area contributed by atoms with Crippen LogP contribution in [0.15, 0.2) is 24.1 Å². The maximum atomic E-state index is 8.00. The van der Waals surface area contributed by atoms with Crippen molar-refractivity contribution >= 4 is 6.20 Å². The Hall–Kier alpha value is -1.74. The molecule has 11 heavy (non-hydrogen) atoms. The lowest BCUT2D eigenvalue weighted by Gasteiger charge is -1.84.